The van der Waals surface area contributed by atoms with Crippen LogP contribution in [-0.2, 0) is 23.1 Å². The lowest BCUT2D eigenvalue weighted by molar-refractivity contribution is -0.384. The first-order valence-corrected chi connectivity index (χ1v) is 13.3. The topological polar surface area (TPSA) is 138 Å². The number of benzene rings is 1. The zero-order valence-corrected chi connectivity index (χ0v) is 17.9. The predicted molar refractivity (Wildman–Crippen MR) is 107 cm³/mol. The number of hydrogen-bond acceptors (Lipinski definition) is 11. The Kier molecular flexibility index (Phi) is 8.37. The van der Waals surface area contributed by atoms with Crippen molar-refractivity contribution in [3.05, 3.63) is 34.4 Å². The van der Waals surface area contributed by atoms with Crippen LogP contribution < -0.4 is 0 Å². The van der Waals surface area contributed by atoms with Crippen LogP contribution in [0.5, 0.6) is 0 Å². The van der Waals surface area contributed by atoms with Crippen LogP contribution in [0.1, 0.15) is 12.8 Å². The Morgan fingerprint density at radius 1 is 1.21 bits per heavy atom. The summed E-state index contributed by atoms with van der Waals surface area (Å²) >= 11 is 0. The van der Waals surface area contributed by atoms with Gasteiger partial charge in [-0.3, -0.25) is 19.2 Å². The van der Waals surface area contributed by atoms with Gasteiger partial charge in [0.05, 0.1) is 30.3 Å². The fourth-order valence-electron chi connectivity index (χ4n) is 2.83. The Bertz CT molecular complexity index is 738. The van der Waals surface area contributed by atoms with Crippen molar-refractivity contribution in [2.75, 3.05) is 26.4 Å². The minimum atomic E-state index is -3.73. The van der Waals surface area contributed by atoms with Crippen LogP contribution in [0.15, 0.2) is 29.2 Å². The van der Waals surface area contributed by atoms with Crippen molar-refractivity contribution in [3.8, 4) is 0 Å². The van der Waals surface area contributed by atoms with Crippen LogP contribution in [0.2, 0.25) is 0 Å². The van der Waals surface area contributed by atoms with Crippen LogP contribution in [0, 0.1) is 10.1 Å². The number of nitro benzene ring substituents is 1. The molecule has 162 valence electrons. The van der Waals surface area contributed by atoms with Crippen molar-refractivity contribution >= 4 is 33.7 Å². The predicted octanol–water partition coefficient (Wildman–Crippen LogP) is 2.78. The smallest absolute Gasteiger partial charge is 0.394 e. The van der Waals surface area contributed by atoms with Crippen LogP contribution >= 0.6 is 28.0 Å². The fraction of sp³-hybridized carbons (Fsp3) is 0.625. The molecule has 0 bridgehead atoms. The maximum atomic E-state index is 13.4. The van der Waals surface area contributed by atoms with Gasteiger partial charge >= 0.3 is 6.80 Å². The second-order valence-corrected chi connectivity index (χ2v) is 12.2. The van der Waals surface area contributed by atoms with Gasteiger partial charge in [0.25, 0.3) is 5.69 Å². The van der Waals surface area contributed by atoms with E-state index in [4.69, 9.17) is 18.5 Å². The molecular formula is C16H22NO9PS2. The minimum absolute atomic E-state index is 0.0451. The molecule has 2 aliphatic heterocycles. The number of nitrogens with zero attached hydrogens (tertiary/aromatic N) is 1. The third-order valence-corrected chi connectivity index (χ3v) is 10.4. The lowest BCUT2D eigenvalue weighted by Gasteiger charge is -2.24. The number of rotatable bonds is 10. The summed E-state index contributed by atoms with van der Waals surface area (Å²) in [5.74, 6) is 0. The molecule has 29 heavy (non-hydrogen) atoms. The van der Waals surface area contributed by atoms with Gasteiger partial charge < -0.3 is 19.7 Å². The Morgan fingerprint density at radius 2 is 1.90 bits per heavy atom. The molecule has 0 amide bonds. The summed E-state index contributed by atoms with van der Waals surface area (Å²) in [4.78, 5) is 10.9. The van der Waals surface area contributed by atoms with E-state index in [9.17, 15) is 24.9 Å². The summed E-state index contributed by atoms with van der Waals surface area (Å²) in [6.07, 6.45) is -1.53. The molecule has 3 rings (SSSR count). The molecule has 10 nitrogen and oxygen atoms in total. The van der Waals surface area contributed by atoms with E-state index in [0.29, 0.717) is 31.0 Å². The van der Waals surface area contributed by atoms with Crippen molar-refractivity contribution in [1.29, 1.82) is 0 Å². The van der Waals surface area contributed by atoms with E-state index in [1.807, 2.05) is 0 Å². The lowest BCUT2D eigenvalue weighted by Crippen LogP contribution is -2.28. The number of hydrogen-bond donors (Lipinski definition) is 2. The molecule has 13 heteroatoms. The largest absolute Gasteiger partial charge is 0.400 e. The average molecular weight is 467 g/mol. The van der Waals surface area contributed by atoms with E-state index < -0.39 is 36.1 Å². The zero-order chi connectivity index (χ0) is 20.9. The molecule has 0 radical (unpaired) electrons. The lowest BCUT2D eigenvalue weighted by atomic mass is 10.2. The maximum Gasteiger partial charge on any atom is 0.400 e. The second-order valence-electron chi connectivity index (χ2n) is 6.44. The van der Waals surface area contributed by atoms with Crippen molar-refractivity contribution in [3.63, 3.8) is 0 Å². The van der Waals surface area contributed by atoms with Crippen molar-refractivity contribution < 1.29 is 38.2 Å². The third-order valence-electron chi connectivity index (χ3n) is 4.44. The molecular weight excluding hydrogens is 445 g/mol. The zero-order valence-electron chi connectivity index (χ0n) is 15.3. The van der Waals surface area contributed by atoms with Crippen molar-refractivity contribution in [1.82, 2.24) is 0 Å². The summed E-state index contributed by atoms with van der Waals surface area (Å²) in [5.41, 5.74) is -0.0451. The molecule has 0 unspecified atom stereocenters. The van der Waals surface area contributed by atoms with Crippen molar-refractivity contribution in [2.45, 2.75) is 42.2 Å². The van der Waals surface area contributed by atoms with Gasteiger partial charge in [0.1, 0.15) is 12.2 Å². The maximum absolute atomic E-state index is 13.4. The third kappa shape index (κ3) is 6.39. The second kappa shape index (κ2) is 10.6. The molecule has 0 spiro atoms. The molecule has 2 heterocycles. The fourth-order valence-corrected chi connectivity index (χ4v) is 8.21. The van der Waals surface area contributed by atoms with E-state index in [-0.39, 0.29) is 18.9 Å². The highest BCUT2D eigenvalue weighted by molar-refractivity contribution is 8.98. The first kappa shape index (κ1) is 23.0. The summed E-state index contributed by atoms with van der Waals surface area (Å²) < 4.78 is 35.4. The number of nitro groups is 1. The molecule has 0 aromatic heterocycles. The number of non-ortho nitro benzene ring substituents is 1. The van der Waals surface area contributed by atoms with E-state index in [1.54, 1.807) is 12.1 Å². The molecule has 2 fully saturated rings. The van der Waals surface area contributed by atoms with Gasteiger partial charge in [0.15, 0.2) is 0 Å². The van der Waals surface area contributed by atoms with Gasteiger partial charge in [-0.25, -0.2) is 4.57 Å². The number of aliphatic hydroxyl groups excluding tert-OH is 2. The van der Waals surface area contributed by atoms with Gasteiger partial charge in [-0.2, -0.15) is 0 Å². The Balaban J connectivity index is 1.65. The average Bonchev–Trinajstić information content (AvgIpc) is 3.33. The standard InChI is InChI=1S/C16H22NO9PS2/c18-9-15-14(6-8-23-15)26-27(22,25-10-16-13(19)5-7-24-16)29-28-12-3-1-11(2-4-12)17(20)21/h1-4,13-16,18-19H,5-10H2/t13-,14-,15-,16-,27+/m1/s1. The van der Waals surface area contributed by atoms with Crippen LogP contribution in [-0.4, -0.2) is 66.0 Å². The first-order valence-electron chi connectivity index (χ1n) is 8.96. The van der Waals surface area contributed by atoms with E-state index in [1.165, 1.54) is 12.1 Å². The summed E-state index contributed by atoms with van der Waals surface area (Å²) in [6, 6.07) is 5.79. The minimum Gasteiger partial charge on any atom is -0.394 e. The van der Waals surface area contributed by atoms with Crippen LogP contribution in [0.3, 0.4) is 0 Å². The molecule has 2 N–H and O–H groups in total. The van der Waals surface area contributed by atoms with Gasteiger partial charge in [-0.15, -0.1) is 0 Å². The first-order chi connectivity index (χ1) is 13.9. The van der Waals surface area contributed by atoms with E-state index >= 15 is 0 Å². The Morgan fingerprint density at radius 3 is 2.52 bits per heavy atom. The molecule has 0 saturated carbocycles. The molecule has 2 aliphatic rings. The summed E-state index contributed by atoms with van der Waals surface area (Å²) in [5, 5.41) is 30.0. The van der Waals surface area contributed by atoms with Gasteiger partial charge in [-0.05, 0) is 29.3 Å². The quantitative estimate of drug-likeness (QED) is 0.227. The monoisotopic (exact) mass is 467 g/mol. The number of ether oxygens (including phenoxy) is 2. The Hall–Kier alpha value is -0.690. The van der Waals surface area contributed by atoms with Crippen LogP contribution in [0.4, 0.5) is 5.69 Å². The van der Waals surface area contributed by atoms with Gasteiger partial charge in [0, 0.05) is 47.1 Å². The summed E-state index contributed by atoms with van der Waals surface area (Å²) in [6.45, 7) is -3.33. The highest BCUT2D eigenvalue weighted by Crippen LogP contribution is 2.68. The number of aliphatic hydroxyl groups is 2. The molecule has 2 saturated heterocycles. The normalized spacial score (nSPS) is 29.0. The molecule has 5 atom stereocenters. The Labute approximate surface area is 175 Å². The molecule has 0 aliphatic carbocycles. The van der Waals surface area contributed by atoms with Crippen LogP contribution in [0.25, 0.3) is 0 Å². The summed E-state index contributed by atoms with van der Waals surface area (Å²) in [7, 11) is 1.96. The van der Waals surface area contributed by atoms with Gasteiger partial charge in [0.2, 0.25) is 0 Å². The molecule has 1 aromatic rings. The van der Waals surface area contributed by atoms with Gasteiger partial charge in [-0.1, -0.05) is 0 Å². The van der Waals surface area contributed by atoms with E-state index in [0.717, 1.165) is 21.2 Å². The SMILES string of the molecule is O=[N+]([O-])c1ccc(SS[P@@](=O)(OC[C@H]2OCC[C@H]2O)O[C@@H]2CCO[C@@H]2CO)cc1. The van der Waals surface area contributed by atoms with Crippen molar-refractivity contribution in [2.24, 2.45) is 0 Å². The highest BCUT2D eigenvalue weighted by atomic mass is 33.3. The molecule has 1 aromatic carbocycles. The highest BCUT2D eigenvalue weighted by Gasteiger charge is 2.39. The van der Waals surface area contributed by atoms with E-state index in [2.05, 4.69) is 0 Å².